The summed E-state index contributed by atoms with van der Waals surface area (Å²) in [6, 6.07) is 0. The van der Waals surface area contributed by atoms with Gasteiger partial charge >= 0.3 is 0 Å². The van der Waals surface area contributed by atoms with Crippen LogP contribution in [0.25, 0.3) is 0 Å². The van der Waals surface area contributed by atoms with E-state index >= 15 is 0 Å². The van der Waals surface area contributed by atoms with Gasteiger partial charge in [0.1, 0.15) is 0 Å². The predicted molar refractivity (Wildman–Crippen MR) is 64.4 cm³/mol. The molecule has 0 aliphatic heterocycles. The third kappa shape index (κ3) is 4.16. The molecule has 0 spiro atoms. The highest BCUT2D eigenvalue weighted by atomic mass is 32.1. The van der Waals surface area contributed by atoms with Crippen molar-refractivity contribution in [2.24, 2.45) is 0 Å². The first-order valence-corrected chi connectivity index (χ1v) is 5.60. The van der Waals surface area contributed by atoms with Crippen LogP contribution in [-0.2, 0) is 6.54 Å². The number of aromatic nitrogens is 1. The van der Waals surface area contributed by atoms with Crippen LogP contribution < -0.4 is 0 Å². The van der Waals surface area contributed by atoms with E-state index in [1.165, 1.54) is 0 Å². The van der Waals surface area contributed by atoms with Crippen molar-refractivity contribution >= 4 is 11.3 Å². The van der Waals surface area contributed by atoms with Crippen LogP contribution >= 0.6 is 11.3 Å². The molecule has 0 amide bonds. The molecule has 0 aromatic carbocycles. The Bertz CT molecular complexity index is 403. The molecule has 0 aliphatic rings. The quantitative estimate of drug-likeness (QED) is 0.718. The smallest absolute Gasteiger partial charge is 0.0897 e. The fraction of sp³-hybridized carbons (Fsp3) is 0.417. The van der Waals surface area contributed by atoms with E-state index in [1.807, 2.05) is 13.8 Å². The van der Waals surface area contributed by atoms with E-state index in [4.69, 9.17) is 6.42 Å². The maximum atomic E-state index is 5.30. The van der Waals surface area contributed by atoms with Crippen molar-refractivity contribution in [1.82, 2.24) is 9.88 Å². The summed E-state index contributed by atoms with van der Waals surface area (Å²) >= 11 is 1.66. The summed E-state index contributed by atoms with van der Waals surface area (Å²) in [5.41, 5.74) is 1.07. The van der Waals surface area contributed by atoms with Crippen molar-refractivity contribution in [3.05, 3.63) is 16.1 Å². The molecule has 0 saturated heterocycles. The average Bonchev–Trinajstić information content (AvgIpc) is 2.61. The summed E-state index contributed by atoms with van der Waals surface area (Å²) in [6.45, 7) is 5.94. The second-order valence-corrected chi connectivity index (χ2v) is 4.20. The van der Waals surface area contributed by atoms with Gasteiger partial charge in [-0.25, -0.2) is 4.98 Å². The lowest BCUT2D eigenvalue weighted by atomic mass is 10.4. The predicted octanol–water partition coefficient (Wildman–Crippen LogP) is 1.91. The summed E-state index contributed by atoms with van der Waals surface area (Å²) in [6.07, 6.45) is 5.30. The number of nitrogens with zero attached hydrogens (tertiary/aromatic N) is 2. The van der Waals surface area contributed by atoms with E-state index in [0.717, 1.165) is 17.2 Å². The van der Waals surface area contributed by atoms with E-state index in [-0.39, 0.29) is 0 Å². The van der Waals surface area contributed by atoms with Gasteiger partial charge in [0.2, 0.25) is 0 Å². The maximum Gasteiger partial charge on any atom is 0.0897 e. The molecule has 1 aromatic rings. The molecule has 1 aromatic heterocycles. The minimum atomic E-state index is 0.616. The first kappa shape index (κ1) is 11.8. The van der Waals surface area contributed by atoms with Crippen molar-refractivity contribution in [1.29, 1.82) is 0 Å². The van der Waals surface area contributed by atoms with E-state index in [0.29, 0.717) is 13.1 Å². The molecule has 0 saturated carbocycles. The SMILES string of the molecule is C#CCN(CC#CC)Cc1csc(C)n1. The number of hydrogen-bond donors (Lipinski definition) is 0. The molecule has 2 nitrogen and oxygen atoms in total. The molecular weight excluding hydrogens is 204 g/mol. The maximum absolute atomic E-state index is 5.30. The normalized spacial score (nSPS) is 9.47. The summed E-state index contributed by atoms with van der Waals surface area (Å²) in [4.78, 5) is 6.50. The first-order valence-electron chi connectivity index (χ1n) is 4.72. The fourth-order valence-corrected chi connectivity index (χ4v) is 1.80. The topological polar surface area (TPSA) is 16.1 Å². The number of rotatable bonds is 4. The summed E-state index contributed by atoms with van der Waals surface area (Å²) in [5, 5.41) is 3.16. The number of hydrogen-bond acceptors (Lipinski definition) is 3. The largest absolute Gasteiger partial charge is 0.275 e. The zero-order chi connectivity index (χ0) is 11.1. The Hall–Kier alpha value is -1.29. The van der Waals surface area contributed by atoms with E-state index in [9.17, 15) is 0 Å². The molecule has 0 N–H and O–H groups in total. The second-order valence-electron chi connectivity index (χ2n) is 3.13. The molecule has 3 heteroatoms. The monoisotopic (exact) mass is 218 g/mol. The first-order chi connectivity index (χ1) is 7.26. The van der Waals surface area contributed by atoms with Gasteiger partial charge in [-0.1, -0.05) is 11.8 Å². The van der Waals surface area contributed by atoms with E-state index in [1.54, 1.807) is 11.3 Å². The third-order valence-corrected chi connectivity index (χ3v) is 2.67. The van der Waals surface area contributed by atoms with Crippen LogP contribution in [0.5, 0.6) is 0 Å². The molecule has 78 valence electrons. The Morgan fingerprint density at radius 1 is 1.53 bits per heavy atom. The molecule has 0 atom stereocenters. The number of terminal acetylenes is 1. The Morgan fingerprint density at radius 3 is 2.87 bits per heavy atom. The van der Waals surface area contributed by atoms with Crippen LogP contribution in [0, 0.1) is 31.1 Å². The van der Waals surface area contributed by atoms with Gasteiger partial charge in [-0.2, -0.15) is 0 Å². The van der Waals surface area contributed by atoms with Gasteiger partial charge in [0.05, 0.1) is 23.8 Å². The minimum Gasteiger partial charge on any atom is -0.275 e. The van der Waals surface area contributed by atoms with Gasteiger partial charge in [-0.15, -0.1) is 23.7 Å². The molecule has 0 fully saturated rings. The molecular formula is C12H14N2S. The van der Waals surface area contributed by atoms with Crippen LogP contribution in [0.4, 0.5) is 0 Å². The minimum absolute atomic E-state index is 0.616. The second kappa shape index (κ2) is 6.24. The highest BCUT2D eigenvalue weighted by molar-refractivity contribution is 7.09. The third-order valence-electron chi connectivity index (χ3n) is 1.85. The highest BCUT2D eigenvalue weighted by Gasteiger charge is 2.05. The highest BCUT2D eigenvalue weighted by Crippen LogP contribution is 2.09. The van der Waals surface area contributed by atoms with Crippen LogP contribution in [0.1, 0.15) is 17.6 Å². The van der Waals surface area contributed by atoms with Crippen molar-refractivity contribution < 1.29 is 0 Å². The van der Waals surface area contributed by atoms with Crippen molar-refractivity contribution in [2.45, 2.75) is 20.4 Å². The van der Waals surface area contributed by atoms with Crippen molar-refractivity contribution in [3.8, 4) is 24.2 Å². The van der Waals surface area contributed by atoms with Gasteiger partial charge in [0, 0.05) is 11.9 Å². The molecule has 0 bridgehead atoms. The van der Waals surface area contributed by atoms with Crippen LogP contribution in [0.15, 0.2) is 5.38 Å². The van der Waals surface area contributed by atoms with Crippen molar-refractivity contribution in [2.75, 3.05) is 13.1 Å². The molecule has 1 heterocycles. The zero-order valence-electron chi connectivity index (χ0n) is 9.08. The lowest BCUT2D eigenvalue weighted by Gasteiger charge is -2.14. The van der Waals surface area contributed by atoms with Gasteiger partial charge in [0.15, 0.2) is 0 Å². The van der Waals surface area contributed by atoms with E-state index < -0.39 is 0 Å². The lowest BCUT2D eigenvalue weighted by Crippen LogP contribution is -2.24. The fourth-order valence-electron chi connectivity index (χ4n) is 1.20. The Morgan fingerprint density at radius 2 is 2.33 bits per heavy atom. The Kier molecular flexibility index (Phi) is 4.90. The zero-order valence-corrected chi connectivity index (χ0v) is 9.90. The Labute approximate surface area is 95.3 Å². The van der Waals surface area contributed by atoms with Gasteiger partial charge < -0.3 is 0 Å². The van der Waals surface area contributed by atoms with E-state index in [2.05, 4.69) is 33.0 Å². The summed E-state index contributed by atoms with van der Waals surface area (Å²) < 4.78 is 0. The van der Waals surface area contributed by atoms with Gasteiger partial charge in [-0.05, 0) is 13.8 Å². The summed E-state index contributed by atoms with van der Waals surface area (Å²) in [7, 11) is 0. The molecule has 0 radical (unpaired) electrons. The van der Waals surface area contributed by atoms with Crippen LogP contribution in [0.2, 0.25) is 0 Å². The molecule has 0 unspecified atom stereocenters. The average molecular weight is 218 g/mol. The molecule has 0 aliphatic carbocycles. The number of aryl methyl sites for hydroxylation is 1. The molecule has 1 rings (SSSR count). The van der Waals surface area contributed by atoms with Gasteiger partial charge in [0.25, 0.3) is 0 Å². The van der Waals surface area contributed by atoms with Gasteiger partial charge in [-0.3, -0.25) is 4.90 Å². The standard InChI is InChI=1S/C12H14N2S/c1-4-6-8-14(7-5-2)9-12-10-15-11(3)13-12/h2,10H,7-9H2,1,3H3. The van der Waals surface area contributed by atoms with Crippen molar-refractivity contribution in [3.63, 3.8) is 0 Å². The Balaban J connectivity index is 2.57. The van der Waals surface area contributed by atoms with Crippen LogP contribution in [0.3, 0.4) is 0 Å². The number of thiazole rings is 1. The summed E-state index contributed by atoms with van der Waals surface area (Å²) in [5.74, 6) is 8.52. The van der Waals surface area contributed by atoms with Crippen LogP contribution in [-0.4, -0.2) is 23.0 Å². The molecule has 15 heavy (non-hydrogen) atoms. The lowest BCUT2D eigenvalue weighted by molar-refractivity contribution is 0.334.